The van der Waals surface area contributed by atoms with Crippen LogP contribution in [0.25, 0.3) is 0 Å². The number of rotatable bonds is 9. The zero-order chi connectivity index (χ0) is 24.0. The number of aromatic nitrogens is 1. The van der Waals surface area contributed by atoms with Crippen molar-refractivity contribution < 1.29 is 19.1 Å². The maximum Gasteiger partial charge on any atom is 0.272 e. The van der Waals surface area contributed by atoms with E-state index in [2.05, 4.69) is 9.69 Å². The van der Waals surface area contributed by atoms with E-state index in [1.165, 1.54) is 4.90 Å². The predicted molar refractivity (Wildman–Crippen MR) is 127 cm³/mol. The molecule has 0 saturated carbocycles. The summed E-state index contributed by atoms with van der Waals surface area (Å²) in [6.45, 7) is 2.06. The van der Waals surface area contributed by atoms with Crippen LogP contribution in [-0.4, -0.2) is 35.7 Å². The van der Waals surface area contributed by atoms with Crippen molar-refractivity contribution >= 4 is 40.6 Å². The van der Waals surface area contributed by atoms with Gasteiger partial charge in [-0.25, -0.2) is 0 Å². The first kappa shape index (κ1) is 23.7. The number of hydrogen-bond donors (Lipinski definition) is 3. The molecule has 10 heteroatoms. The Labute approximate surface area is 195 Å². The van der Waals surface area contributed by atoms with Crippen LogP contribution in [0.5, 0.6) is 5.75 Å². The summed E-state index contributed by atoms with van der Waals surface area (Å²) in [6.07, 6.45) is 0.834. The summed E-state index contributed by atoms with van der Waals surface area (Å²) in [5.41, 5.74) is 13.5. The molecule has 0 saturated heterocycles. The molecule has 0 aliphatic heterocycles. The highest BCUT2D eigenvalue weighted by atomic mass is 32.1. The molecule has 9 nitrogen and oxygen atoms in total. The number of nitrogens with zero attached hydrogens (tertiary/aromatic N) is 2. The molecule has 0 atom stereocenters. The summed E-state index contributed by atoms with van der Waals surface area (Å²) in [5.74, 6) is -1.01. The molecule has 3 aromatic rings. The third kappa shape index (κ3) is 5.66. The van der Waals surface area contributed by atoms with Crippen LogP contribution in [0.1, 0.15) is 38.2 Å². The first-order chi connectivity index (χ1) is 15.8. The van der Waals surface area contributed by atoms with Crippen LogP contribution in [-0.2, 0) is 17.8 Å². The second kappa shape index (κ2) is 10.6. The van der Waals surface area contributed by atoms with E-state index < -0.39 is 11.8 Å². The molecular weight excluding hydrogens is 442 g/mol. The lowest BCUT2D eigenvalue weighted by molar-refractivity contribution is -0.119. The van der Waals surface area contributed by atoms with E-state index in [4.69, 9.17) is 16.2 Å². The molecule has 2 aromatic carbocycles. The Morgan fingerprint density at radius 3 is 2.24 bits per heavy atom. The average molecular weight is 468 g/mol. The zero-order valence-corrected chi connectivity index (χ0v) is 19.1. The van der Waals surface area contributed by atoms with Crippen molar-refractivity contribution in [1.82, 2.24) is 9.69 Å². The van der Waals surface area contributed by atoms with Gasteiger partial charge in [0.1, 0.15) is 17.2 Å². The van der Waals surface area contributed by atoms with Gasteiger partial charge in [0.05, 0.1) is 12.8 Å². The van der Waals surface area contributed by atoms with E-state index in [0.29, 0.717) is 5.69 Å². The number of carbonyl (C=O) groups is 3. The van der Waals surface area contributed by atoms with Crippen molar-refractivity contribution in [2.45, 2.75) is 19.9 Å². The number of anilines is 2. The Balaban J connectivity index is 1.81. The van der Waals surface area contributed by atoms with Crippen molar-refractivity contribution in [3.05, 3.63) is 70.2 Å². The minimum atomic E-state index is -0.820. The Bertz CT molecular complexity index is 1140. The van der Waals surface area contributed by atoms with Crippen LogP contribution in [0.4, 0.5) is 11.4 Å². The minimum absolute atomic E-state index is 0.0475. The summed E-state index contributed by atoms with van der Waals surface area (Å²) < 4.78 is 9.03. The molecule has 33 heavy (non-hydrogen) atoms. The van der Waals surface area contributed by atoms with Crippen molar-refractivity contribution in [3.63, 3.8) is 0 Å². The zero-order valence-electron chi connectivity index (χ0n) is 18.3. The number of ether oxygens (including phenoxy) is 1. The number of nitrogens with one attached hydrogen (secondary N) is 1. The van der Waals surface area contributed by atoms with Gasteiger partial charge >= 0.3 is 0 Å². The van der Waals surface area contributed by atoms with Gasteiger partial charge < -0.3 is 21.5 Å². The highest BCUT2D eigenvalue weighted by Crippen LogP contribution is 2.26. The quantitative estimate of drug-likeness (QED) is 0.441. The summed E-state index contributed by atoms with van der Waals surface area (Å²) in [5, 5.41) is 2.81. The van der Waals surface area contributed by atoms with Crippen molar-refractivity contribution in [3.8, 4) is 5.75 Å². The molecule has 1 heterocycles. The molecule has 3 rings (SSSR count). The van der Waals surface area contributed by atoms with Crippen LogP contribution in [0.2, 0.25) is 0 Å². The number of benzene rings is 2. The van der Waals surface area contributed by atoms with Crippen LogP contribution in [0, 0.1) is 0 Å². The second-order valence-corrected chi connectivity index (χ2v) is 7.95. The Kier molecular flexibility index (Phi) is 7.62. The highest BCUT2D eigenvalue weighted by molar-refractivity contribution is 7.09. The van der Waals surface area contributed by atoms with E-state index in [1.54, 1.807) is 31.4 Å². The van der Waals surface area contributed by atoms with Crippen molar-refractivity contribution in [2.75, 3.05) is 24.3 Å². The van der Waals surface area contributed by atoms with Crippen molar-refractivity contribution in [2.24, 2.45) is 5.73 Å². The molecule has 172 valence electrons. The van der Waals surface area contributed by atoms with Crippen molar-refractivity contribution in [1.29, 1.82) is 0 Å². The molecular formula is C23H25N5O4S. The molecule has 0 spiro atoms. The third-order valence-corrected chi connectivity index (χ3v) is 5.86. The lowest BCUT2D eigenvalue weighted by Crippen LogP contribution is -2.40. The third-order valence-electron chi connectivity index (χ3n) is 5.01. The minimum Gasteiger partial charge on any atom is -0.497 e. The summed E-state index contributed by atoms with van der Waals surface area (Å²) in [6, 6.07) is 14.6. The van der Waals surface area contributed by atoms with Crippen LogP contribution >= 0.6 is 11.5 Å². The molecule has 0 aliphatic rings. The first-order valence-corrected chi connectivity index (χ1v) is 11.0. The lowest BCUT2D eigenvalue weighted by atomic mass is 10.1. The van der Waals surface area contributed by atoms with Crippen LogP contribution in [0.15, 0.2) is 48.5 Å². The number of primary amides is 1. The molecule has 3 amide bonds. The number of amides is 3. The Hall–Kier alpha value is -3.92. The van der Waals surface area contributed by atoms with Crippen LogP contribution < -0.4 is 26.4 Å². The summed E-state index contributed by atoms with van der Waals surface area (Å²) in [4.78, 5) is 38.9. The molecule has 0 bridgehead atoms. The predicted octanol–water partition coefficient (Wildman–Crippen LogP) is 2.36. The standard InChI is InChI=1S/C23H25N5O4S/c1-3-14-4-8-16(9-5-14)28(23(31)21-19(24)20(22(25)30)27-33-21)13-18(29)26-12-15-6-10-17(32-2)11-7-15/h4-11H,3,12-13,24H2,1-2H3,(H2,25,30)(H,26,29). The topological polar surface area (TPSA) is 141 Å². The maximum atomic E-state index is 13.3. The molecule has 0 aliphatic carbocycles. The van der Waals surface area contributed by atoms with E-state index in [9.17, 15) is 14.4 Å². The second-order valence-electron chi connectivity index (χ2n) is 7.17. The number of aryl methyl sites for hydroxylation is 1. The fourth-order valence-electron chi connectivity index (χ4n) is 3.09. The Morgan fingerprint density at radius 1 is 1.06 bits per heavy atom. The van der Waals surface area contributed by atoms with Gasteiger partial charge in [0.15, 0.2) is 5.69 Å². The maximum absolute atomic E-state index is 13.3. The molecule has 1 aromatic heterocycles. The largest absolute Gasteiger partial charge is 0.497 e. The van der Waals surface area contributed by atoms with Gasteiger partial charge in [0.2, 0.25) is 5.91 Å². The fourth-order valence-corrected chi connectivity index (χ4v) is 3.84. The smallest absolute Gasteiger partial charge is 0.272 e. The molecule has 5 N–H and O–H groups in total. The highest BCUT2D eigenvalue weighted by Gasteiger charge is 2.27. The number of nitrogen functional groups attached to an aromatic ring is 1. The number of hydrogen-bond acceptors (Lipinski definition) is 7. The SMILES string of the molecule is CCc1ccc(N(CC(=O)NCc2ccc(OC)cc2)C(=O)c2snc(C(N)=O)c2N)cc1. The summed E-state index contributed by atoms with van der Waals surface area (Å²) >= 11 is 0.773. The number of nitrogens with two attached hydrogens (primary N) is 2. The van der Waals surface area contributed by atoms with Gasteiger partial charge in [-0.1, -0.05) is 31.2 Å². The first-order valence-electron chi connectivity index (χ1n) is 10.2. The van der Waals surface area contributed by atoms with Gasteiger partial charge in [-0.3, -0.25) is 19.3 Å². The molecule has 0 radical (unpaired) electrons. The van der Waals surface area contributed by atoms with E-state index in [-0.39, 0.29) is 35.3 Å². The van der Waals surface area contributed by atoms with E-state index in [1.807, 2.05) is 31.2 Å². The van der Waals surface area contributed by atoms with E-state index in [0.717, 1.165) is 34.8 Å². The van der Waals surface area contributed by atoms with E-state index >= 15 is 0 Å². The number of methoxy groups -OCH3 is 1. The summed E-state index contributed by atoms with van der Waals surface area (Å²) in [7, 11) is 1.58. The average Bonchev–Trinajstić information content (AvgIpc) is 3.22. The van der Waals surface area contributed by atoms with Gasteiger partial charge in [-0.15, -0.1) is 0 Å². The fraction of sp³-hybridized carbons (Fsp3) is 0.217. The number of carbonyl (C=O) groups excluding carboxylic acids is 3. The molecule has 0 fully saturated rings. The van der Waals surface area contributed by atoms with Gasteiger partial charge in [0.25, 0.3) is 11.8 Å². The van der Waals surface area contributed by atoms with Crippen LogP contribution in [0.3, 0.4) is 0 Å². The van der Waals surface area contributed by atoms with Gasteiger partial charge in [0, 0.05) is 12.2 Å². The normalized spacial score (nSPS) is 10.5. The van der Waals surface area contributed by atoms with Gasteiger partial charge in [-0.2, -0.15) is 4.37 Å². The molecule has 0 unspecified atom stereocenters. The van der Waals surface area contributed by atoms with Gasteiger partial charge in [-0.05, 0) is 53.3 Å². The lowest BCUT2D eigenvalue weighted by Gasteiger charge is -2.22. The monoisotopic (exact) mass is 467 g/mol. The Morgan fingerprint density at radius 2 is 1.70 bits per heavy atom.